The lowest BCUT2D eigenvalue weighted by Gasteiger charge is -2.37. The summed E-state index contributed by atoms with van der Waals surface area (Å²) in [6.07, 6.45) is 0.357. The molecule has 0 aliphatic carbocycles. The topological polar surface area (TPSA) is 69.8 Å². The van der Waals surface area contributed by atoms with Crippen molar-refractivity contribution in [2.75, 3.05) is 31.1 Å². The second-order valence-electron chi connectivity index (χ2n) is 6.53. The molecule has 0 spiro atoms. The van der Waals surface area contributed by atoms with E-state index in [2.05, 4.69) is 40.1 Å². The van der Waals surface area contributed by atoms with Gasteiger partial charge in [0.05, 0.1) is 0 Å². The number of carbonyl (C=O) groups is 1. The van der Waals surface area contributed by atoms with Gasteiger partial charge in [-0.1, -0.05) is 48.5 Å². The Morgan fingerprint density at radius 1 is 1.00 bits per heavy atom. The van der Waals surface area contributed by atoms with Crippen molar-refractivity contribution in [1.29, 1.82) is 0 Å². The van der Waals surface area contributed by atoms with Crippen LogP contribution >= 0.6 is 0 Å². The molecule has 1 atom stereocenters. The lowest BCUT2D eigenvalue weighted by molar-refractivity contribution is -0.138. The molecule has 1 aliphatic rings. The van der Waals surface area contributed by atoms with E-state index in [9.17, 15) is 4.79 Å². The van der Waals surface area contributed by atoms with Gasteiger partial charge >= 0.3 is 5.97 Å². The Bertz CT molecular complexity index is 697. The monoisotopic (exact) mass is 339 g/mol. The first-order valence-corrected chi connectivity index (χ1v) is 8.71. The SMILES string of the molecule is NC(Cc1ccccc1N1CCN(Cc2ccccc2)CC1)C(=O)O. The number of nitrogens with two attached hydrogens (primary N) is 1. The molecule has 3 N–H and O–H groups in total. The fourth-order valence-corrected chi connectivity index (χ4v) is 3.30. The number of carboxylic acids is 1. The van der Waals surface area contributed by atoms with E-state index < -0.39 is 12.0 Å². The minimum absolute atomic E-state index is 0.357. The van der Waals surface area contributed by atoms with Gasteiger partial charge in [0.1, 0.15) is 6.04 Å². The summed E-state index contributed by atoms with van der Waals surface area (Å²) < 4.78 is 0. The van der Waals surface area contributed by atoms with Crippen LogP contribution in [0.25, 0.3) is 0 Å². The lowest BCUT2D eigenvalue weighted by atomic mass is 10.0. The Hall–Kier alpha value is -2.37. The fraction of sp³-hybridized carbons (Fsp3) is 0.350. The summed E-state index contributed by atoms with van der Waals surface area (Å²) in [5, 5.41) is 9.07. The van der Waals surface area contributed by atoms with E-state index in [0.29, 0.717) is 6.42 Å². The van der Waals surface area contributed by atoms with Crippen LogP contribution in [0.5, 0.6) is 0 Å². The highest BCUT2D eigenvalue weighted by atomic mass is 16.4. The van der Waals surface area contributed by atoms with Crippen LogP contribution in [-0.2, 0) is 17.8 Å². The Morgan fingerprint density at radius 2 is 1.64 bits per heavy atom. The average Bonchev–Trinajstić information content (AvgIpc) is 2.64. The number of hydrogen-bond donors (Lipinski definition) is 2. The molecule has 1 unspecified atom stereocenters. The van der Waals surface area contributed by atoms with Crippen LogP contribution in [0.3, 0.4) is 0 Å². The molecular formula is C20H25N3O2. The maximum Gasteiger partial charge on any atom is 0.320 e. The summed E-state index contributed by atoms with van der Waals surface area (Å²) in [5.74, 6) is -0.956. The Labute approximate surface area is 148 Å². The van der Waals surface area contributed by atoms with Gasteiger partial charge in [-0.25, -0.2) is 0 Å². The second kappa shape index (κ2) is 8.14. The van der Waals surface area contributed by atoms with E-state index in [1.165, 1.54) is 5.56 Å². The minimum Gasteiger partial charge on any atom is -0.480 e. The summed E-state index contributed by atoms with van der Waals surface area (Å²) >= 11 is 0. The summed E-state index contributed by atoms with van der Waals surface area (Å²) in [6, 6.07) is 17.7. The molecular weight excluding hydrogens is 314 g/mol. The molecule has 0 amide bonds. The van der Waals surface area contributed by atoms with Crippen molar-refractivity contribution in [2.24, 2.45) is 5.73 Å². The Balaban J connectivity index is 1.62. The number of carboxylic acid groups (broad SMARTS) is 1. The normalized spacial score (nSPS) is 16.6. The lowest BCUT2D eigenvalue weighted by Crippen LogP contribution is -2.46. The highest BCUT2D eigenvalue weighted by Crippen LogP contribution is 2.23. The molecule has 1 aliphatic heterocycles. The smallest absolute Gasteiger partial charge is 0.320 e. The second-order valence-corrected chi connectivity index (χ2v) is 6.53. The van der Waals surface area contributed by atoms with E-state index in [4.69, 9.17) is 10.8 Å². The van der Waals surface area contributed by atoms with Crippen LogP contribution in [0.2, 0.25) is 0 Å². The third kappa shape index (κ3) is 4.59. The molecule has 1 heterocycles. The number of piperazine rings is 1. The van der Waals surface area contributed by atoms with Crippen LogP contribution in [0.15, 0.2) is 54.6 Å². The third-order valence-electron chi connectivity index (χ3n) is 4.71. The van der Waals surface area contributed by atoms with Gasteiger partial charge in [-0.05, 0) is 17.2 Å². The summed E-state index contributed by atoms with van der Waals surface area (Å²) in [4.78, 5) is 15.9. The number of hydrogen-bond acceptors (Lipinski definition) is 4. The molecule has 2 aromatic carbocycles. The predicted octanol–water partition coefficient (Wildman–Crippen LogP) is 1.96. The molecule has 0 saturated carbocycles. The zero-order chi connectivity index (χ0) is 17.6. The van der Waals surface area contributed by atoms with Gasteiger partial charge in [-0.15, -0.1) is 0 Å². The highest BCUT2D eigenvalue weighted by Gasteiger charge is 2.21. The Morgan fingerprint density at radius 3 is 2.32 bits per heavy atom. The summed E-state index contributed by atoms with van der Waals surface area (Å²) in [7, 11) is 0. The van der Waals surface area contributed by atoms with Gasteiger partial charge < -0.3 is 15.7 Å². The zero-order valence-corrected chi connectivity index (χ0v) is 14.3. The number of para-hydroxylation sites is 1. The van der Waals surface area contributed by atoms with E-state index >= 15 is 0 Å². The van der Waals surface area contributed by atoms with Crippen molar-refractivity contribution in [3.63, 3.8) is 0 Å². The molecule has 132 valence electrons. The van der Waals surface area contributed by atoms with Crippen LogP contribution < -0.4 is 10.6 Å². The van der Waals surface area contributed by atoms with Crippen molar-refractivity contribution in [3.8, 4) is 0 Å². The molecule has 0 bridgehead atoms. The quantitative estimate of drug-likeness (QED) is 0.842. The molecule has 1 fully saturated rings. The van der Waals surface area contributed by atoms with E-state index in [0.717, 1.165) is 44.0 Å². The molecule has 3 rings (SSSR count). The molecule has 5 nitrogen and oxygen atoms in total. The van der Waals surface area contributed by atoms with Crippen molar-refractivity contribution in [2.45, 2.75) is 19.0 Å². The van der Waals surface area contributed by atoms with Gasteiger partial charge in [-0.3, -0.25) is 9.69 Å². The van der Waals surface area contributed by atoms with Crippen LogP contribution in [0, 0.1) is 0 Å². The number of benzene rings is 2. The maximum absolute atomic E-state index is 11.1. The number of rotatable bonds is 6. The molecule has 2 aromatic rings. The number of nitrogens with zero attached hydrogens (tertiary/aromatic N) is 2. The van der Waals surface area contributed by atoms with Gasteiger partial charge in [0.25, 0.3) is 0 Å². The number of aliphatic carboxylic acids is 1. The summed E-state index contributed by atoms with van der Waals surface area (Å²) in [5.41, 5.74) is 9.18. The standard InChI is InChI=1S/C20H25N3O2/c21-18(20(24)25)14-17-8-4-5-9-19(17)23-12-10-22(11-13-23)15-16-6-2-1-3-7-16/h1-9,18H,10-15,21H2,(H,24,25). The first kappa shape index (κ1) is 17.5. The molecule has 1 saturated heterocycles. The van der Waals surface area contributed by atoms with Crippen LogP contribution in [0.4, 0.5) is 5.69 Å². The van der Waals surface area contributed by atoms with Gasteiger partial charge in [-0.2, -0.15) is 0 Å². The van der Waals surface area contributed by atoms with Crippen molar-refractivity contribution < 1.29 is 9.90 Å². The predicted molar refractivity (Wildman–Crippen MR) is 99.7 cm³/mol. The molecule has 25 heavy (non-hydrogen) atoms. The van der Waals surface area contributed by atoms with Crippen molar-refractivity contribution in [3.05, 3.63) is 65.7 Å². The fourth-order valence-electron chi connectivity index (χ4n) is 3.30. The Kier molecular flexibility index (Phi) is 5.68. The first-order valence-electron chi connectivity index (χ1n) is 8.71. The first-order chi connectivity index (χ1) is 12.1. The van der Waals surface area contributed by atoms with Crippen molar-refractivity contribution in [1.82, 2.24) is 4.90 Å². The average molecular weight is 339 g/mol. The van der Waals surface area contributed by atoms with E-state index in [-0.39, 0.29) is 0 Å². The van der Waals surface area contributed by atoms with Gasteiger partial charge in [0, 0.05) is 44.8 Å². The van der Waals surface area contributed by atoms with Crippen LogP contribution in [0.1, 0.15) is 11.1 Å². The largest absolute Gasteiger partial charge is 0.480 e. The molecule has 5 heteroatoms. The maximum atomic E-state index is 11.1. The highest BCUT2D eigenvalue weighted by molar-refractivity contribution is 5.74. The van der Waals surface area contributed by atoms with E-state index in [1.54, 1.807) is 0 Å². The summed E-state index contributed by atoms with van der Waals surface area (Å²) in [6.45, 7) is 4.83. The number of anilines is 1. The third-order valence-corrected chi connectivity index (χ3v) is 4.71. The minimum atomic E-state index is -0.956. The van der Waals surface area contributed by atoms with Gasteiger partial charge in [0.2, 0.25) is 0 Å². The van der Waals surface area contributed by atoms with E-state index in [1.807, 2.05) is 24.3 Å². The van der Waals surface area contributed by atoms with Gasteiger partial charge in [0.15, 0.2) is 0 Å². The molecule has 0 aromatic heterocycles. The zero-order valence-electron chi connectivity index (χ0n) is 14.3. The molecule has 0 radical (unpaired) electrons. The van der Waals surface area contributed by atoms with Crippen molar-refractivity contribution >= 4 is 11.7 Å². The van der Waals surface area contributed by atoms with Crippen LogP contribution in [-0.4, -0.2) is 48.2 Å².